The molecule has 0 saturated carbocycles. The number of nitrogens with one attached hydrogen (secondary N) is 3. The SMILES string of the molecule is COc1c(NC(=O)c2ccc(C)c(-c3ccc4nc(Cc5ccc(S(C)(=N)=O)cc5)ncc4c3)c2)cc(C(C)(C)C)cc1NS(C)(=O)=O. The number of aromatic nitrogens is 2. The molecule has 0 saturated heterocycles. The first-order valence-corrected chi connectivity index (χ1v) is 19.0. The van der Waals surface area contributed by atoms with E-state index in [2.05, 4.69) is 15.0 Å². The van der Waals surface area contributed by atoms with Gasteiger partial charge in [-0.2, -0.15) is 0 Å². The van der Waals surface area contributed by atoms with E-state index in [9.17, 15) is 17.4 Å². The van der Waals surface area contributed by atoms with Crippen molar-refractivity contribution in [3.05, 3.63) is 107 Å². The summed E-state index contributed by atoms with van der Waals surface area (Å²) in [6, 6.07) is 22.0. The van der Waals surface area contributed by atoms with Gasteiger partial charge in [-0.15, -0.1) is 0 Å². The molecule has 0 aliphatic heterocycles. The third-order valence-corrected chi connectivity index (χ3v) is 9.64. The summed E-state index contributed by atoms with van der Waals surface area (Å²) in [7, 11) is -4.96. The van der Waals surface area contributed by atoms with Crippen molar-refractivity contribution < 1.29 is 22.2 Å². The van der Waals surface area contributed by atoms with Crippen LogP contribution in [0.15, 0.2) is 83.9 Å². The fourth-order valence-corrected chi connectivity index (χ4v) is 6.50. The summed E-state index contributed by atoms with van der Waals surface area (Å²) in [5, 5.41) is 3.78. The highest BCUT2D eigenvalue weighted by Gasteiger charge is 2.23. The number of fused-ring (bicyclic) bond motifs is 1. The van der Waals surface area contributed by atoms with Gasteiger partial charge in [0.2, 0.25) is 10.0 Å². The number of methoxy groups -OCH3 is 1. The van der Waals surface area contributed by atoms with Crippen LogP contribution >= 0.6 is 0 Å². The van der Waals surface area contributed by atoms with Gasteiger partial charge in [0.1, 0.15) is 5.82 Å². The quantitative estimate of drug-likeness (QED) is 0.149. The van der Waals surface area contributed by atoms with Gasteiger partial charge in [-0.05, 0) is 88.7 Å². The van der Waals surface area contributed by atoms with Gasteiger partial charge in [-0.3, -0.25) is 9.52 Å². The maximum absolute atomic E-state index is 13.7. The lowest BCUT2D eigenvalue weighted by atomic mass is 9.86. The molecule has 4 aromatic carbocycles. The molecule has 0 fully saturated rings. The minimum atomic E-state index is -3.62. The molecule has 3 N–H and O–H groups in total. The summed E-state index contributed by atoms with van der Waals surface area (Å²) in [4.78, 5) is 23.4. The molecule has 0 aliphatic carbocycles. The highest BCUT2D eigenvalue weighted by molar-refractivity contribution is 7.92. The molecule has 10 nitrogen and oxygen atoms in total. The number of nitrogens with zero attached hydrogens (tertiary/aromatic N) is 2. The van der Waals surface area contributed by atoms with E-state index >= 15 is 0 Å². The highest BCUT2D eigenvalue weighted by atomic mass is 32.2. The molecule has 1 aromatic heterocycles. The van der Waals surface area contributed by atoms with Crippen LogP contribution in [0.1, 0.15) is 53.6 Å². The van der Waals surface area contributed by atoms with E-state index in [1.54, 1.807) is 36.5 Å². The van der Waals surface area contributed by atoms with E-state index in [0.717, 1.165) is 45.0 Å². The Kier molecular flexibility index (Phi) is 9.35. The van der Waals surface area contributed by atoms with E-state index in [0.29, 0.717) is 28.4 Å². The van der Waals surface area contributed by atoms with Crippen LogP contribution in [0.2, 0.25) is 0 Å². The Bertz CT molecular complexity index is 2260. The number of sulfonamides is 1. The van der Waals surface area contributed by atoms with Crippen molar-refractivity contribution in [3.8, 4) is 16.9 Å². The Morgan fingerprint density at radius 2 is 1.60 bits per heavy atom. The van der Waals surface area contributed by atoms with Crippen molar-refractivity contribution in [1.29, 1.82) is 4.78 Å². The van der Waals surface area contributed by atoms with Crippen molar-refractivity contribution in [2.45, 2.75) is 44.4 Å². The monoisotopic (exact) mass is 685 g/mol. The Labute approximate surface area is 282 Å². The molecule has 1 atom stereocenters. The number of carbonyl (C=O) groups is 1. The van der Waals surface area contributed by atoms with Gasteiger partial charge >= 0.3 is 0 Å². The predicted octanol–water partition coefficient (Wildman–Crippen LogP) is 7.16. The van der Waals surface area contributed by atoms with Crippen molar-refractivity contribution >= 4 is 47.9 Å². The van der Waals surface area contributed by atoms with Crippen LogP contribution in [-0.4, -0.2) is 48.1 Å². The van der Waals surface area contributed by atoms with E-state index in [1.807, 2.05) is 70.2 Å². The van der Waals surface area contributed by atoms with Crippen LogP contribution in [0.25, 0.3) is 22.0 Å². The van der Waals surface area contributed by atoms with Gasteiger partial charge < -0.3 is 10.1 Å². The second-order valence-corrected chi connectivity index (χ2v) is 16.8. The Morgan fingerprint density at radius 3 is 2.23 bits per heavy atom. The zero-order valence-corrected chi connectivity index (χ0v) is 29.6. The van der Waals surface area contributed by atoms with Crippen molar-refractivity contribution in [1.82, 2.24) is 9.97 Å². The molecule has 48 heavy (non-hydrogen) atoms. The van der Waals surface area contributed by atoms with Crippen molar-refractivity contribution in [2.24, 2.45) is 0 Å². The number of anilines is 2. The zero-order valence-electron chi connectivity index (χ0n) is 28.0. The Morgan fingerprint density at radius 1 is 0.917 bits per heavy atom. The first-order valence-electron chi connectivity index (χ1n) is 15.1. The van der Waals surface area contributed by atoms with E-state index < -0.39 is 19.8 Å². The lowest BCUT2D eigenvalue weighted by molar-refractivity contribution is 0.102. The number of carbonyl (C=O) groups excluding carboxylic acids is 1. The second-order valence-electron chi connectivity index (χ2n) is 12.9. The van der Waals surface area contributed by atoms with Crippen molar-refractivity contribution in [3.63, 3.8) is 0 Å². The number of amides is 1. The largest absolute Gasteiger partial charge is 0.492 e. The smallest absolute Gasteiger partial charge is 0.255 e. The summed E-state index contributed by atoms with van der Waals surface area (Å²) in [6.07, 6.45) is 4.73. The first-order chi connectivity index (χ1) is 22.4. The number of benzene rings is 4. The summed E-state index contributed by atoms with van der Waals surface area (Å²) in [5.74, 6) is 0.470. The van der Waals surface area contributed by atoms with Crippen LogP contribution in [-0.2, 0) is 31.6 Å². The third kappa shape index (κ3) is 8.00. The lowest BCUT2D eigenvalue weighted by Gasteiger charge is -2.24. The number of ether oxygens (including phenoxy) is 1. The second kappa shape index (κ2) is 13.0. The molecule has 250 valence electrons. The summed E-state index contributed by atoms with van der Waals surface area (Å²) >= 11 is 0. The first kappa shape index (κ1) is 34.5. The molecular weight excluding hydrogens is 647 g/mol. The lowest BCUT2D eigenvalue weighted by Crippen LogP contribution is -2.18. The molecule has 0 bridgehead atoms. The average molecular weight is 686 g/mol. The predicted molar refractivity (Wildman–Crippen MR) is 192 cm³/mol. The normalized spacial score (nSPS) is 13.1. The van der Waals surface area contributed by atoms with E-state index in [4.69, 9.17) is 14.5 Å². The van der Waals surface area contributed by atoms with Crippen LogP contribution in [0.3, 0.4) is 0 Å². The molecule has 12 heteroatoms. The Balaban J connectivity index is 1.43. The molecule has 0 radical (unpaired) electrons. The summed E-state index contributed by atoms with van der Waals surface area (Å²) < 4.78 is 52.1. The fraction of sp³-hybridized carbons (Fsp3) is 0.250. The standard InChI is InChI=1S/C36H39N5O5S2/c1-22-8-11-25(35(42)40-31-19-27(36(2,3)4)20-32(34(31)46-5)41-48(7,44)45)18-29(22)24-12-15-30-26(17-24)21-38-33(39-30)16-23-9-13-28(14-10-23)47(6,37)43/h8-15,17-21,37,41H,16H2,1-7H3,(H,40,42). The minimum Gasteiger partial charge on any atom is -0.492 e. The molecule has 0 aliphatic rings. The van der Waals surface area contributed by atoms with Gasteiger partial charge in [0, 0.05) is 34.7 Å². The molecule has 1 amide bonds. The molecular formula is C36H39N5O5S2. The Hall–Kier alpha value is -4.81. The van der Waals surface area contributed by atoms with Gasteiger partial charge in [0.15, 0.2) is 5.75 Å². The average Bonchev–Trinajstić information content (AvgIpc) is 2.99. The zero-order chi connectivity index (χ0) is 35.0. The van der Waals surface area contributed by atoms with Crippen LogP contribution in [0.4, 0.5) is 11.4 Å². The van der Waals surface area contributed by atoms with Gasteiger partial charge in [0.05, 0.1) is 40.0 Å². The summed E-state index contributed by atoms with van der Waals surface area (Å²) in [6.45, 7) is 7.97. The topological polar surface area (TPSA) is 151 Å². The van der Waals surface area contributed by atoms with Gasteiger partial charge in [-0.1, -0.05) is 45.0 Å². The molecule has 5 rings (SSSR count). The highest BCUT2D eigenvalue weighted by Crippen LogP contribution is 2.39. The number of hydrogen-bond acceptors (Lipinski definition) is 8. The molecule has 5 aromatic rings. The summed E-state index contributed by atoms with van der Waals surface area (Å²) in [5.41, 5.74) is 5.94. The van der Waals surface area contributed by atoms with Crippen LogP contribution < -0.4 is 14.8 Å². The maximum atomic E-state index is 13.7. The maximum Gasteiger partial charge on any atom is 0.255 e. The number of aryl methyl sites for hydroxylation is 1. The number of hydrogen-bond donors (Lipinski definition) is 3. The van der Waals surface area contributed by atoms with Crippen molar-refractivity contribution in [2.75, 3.05) is 29.7 Å². The van der Waals surface area contributed by atoms with E-state index in [-0.39, 0.29) is 22.8 Å². The van der Waals surface area contributed by atoms with E-state index in [1.165, 1.54) is 13.4 Å². The number of rotatable bonds is 9. The molecule has 0 spiro atoms. The van der Waals surface area contributed by atoms with Gasteiger partial charge in [0.25, 0.3) is 5.91 Å². The molecule has 1 unspecified atom stereocenters. The fourth-order valence-electron chi connectivity index (χ4n) is 5.29. The minimum absolute atomic E-state index is 0.208. The van der Waals surface area contributed by atoms with Crippen LogP contribution in [0, 0.1) is 11.7 Å². The third-order valence-electron chi connectivity index (χ3n) is 7.88. The van der Waals surface area contributed by atoms with Crippen LogP contribution in [0.5, 0.6) is 5.75 Å². The molecule has 1 heterocycles. The van der Waals surface area contributed by atoms with Gasteiger partial charge in [-0.25, -0.2) is 27.4 Å².